The maximum atomic E-state index is 12.6. The third-order valence-corrected chi connectivity index (χ3v) is 6.12. The summed E-state index contributed by atoms with van der Waals surface area (Å²) in [7, 11) is 0. The lowest BCUT2D eigenvalue weighted by atomic mass is 9.93. The summed E-state index contributed by atoms with van der Waals surface area (Å²) < 4.78 is 0. The number of aromatic hydroxyl groups is 1. The van der Waals surface area contributed by atoms with E-state index in [1.807, 2.05) is 41.3 Å². The first-order chi connectivity index (χ1) is 15.7. The van der Waals surface area contributed by atoms with Crippen molar-refractivity contribution in [2.24, 2.45) is 0 Å². The third-order valence-electron chi connectivity index (χ3n) is 6.12. The van der Waals surface area contributed by atoms with Gasteiger partial charge in [0, 0.05) is 28.8 Å². The Hall–Kier alpha value is -3.93. The molecule has 0 saturated carbocycles. The number of carbonyl (C=O) groups is 1. The summed E-state index contributed by atoms with van der Waals surface area (Å²) in [5.74, 6) is 0.0987. The van der Waals surface area contributed by atoms with Crippen molar-refractivity contribution >= 4 is 16.9 Å². The van der Waals surface area contributed by atoms with Crippen LogP contribution in [0.1, 0.15) is 31.0 Å². The molecule has 1 atom stereocenters. The average molecular weight is 425 g/mol. The second-order valence-corrected chi connectivity index (χ2v) is 8.04. The maximum absolute atomic E-state index is 12.6. The molecule has 6 heteroatoms. The number of nitrogens with one attached hydrogen (secondary N) is 1. The fourth-order valence-electron chi connectivity index (χ4n) is 4.61. The highest BCUT2D eigenvalue weighted by Gasteiger charge is 2.31. The second kappa shape index (κ2) is 8.30. The van der Waals surface area contributed by atoms with Crippen molar-refractivity contribution in [1.82, 2.24) is 20.1 Å². The number of para-hydroxylation sites is 1. The van der Waals surface area contributed by atoms with Crippen molar-refractivity contribution in [3.63, 3.8) is 0 Å². The standard InChI is InChI=1S/C26H24N4O2/c1-2-23(32)30-15-9-8-13-21(30)25-24(17-10-4-3-5-11-17)19-16-20(28-29-26(19)27-25)18-12-6-7-14-22(18)31/h2-7,10-12,14,16,21,31H,1,8-9,13,15H2,(H,27,29)/t21-/m0/s1. The summed E-state index contributed by atoms with van der Waals surface area (Å²) in [6.07, 6.45) is 4.28. The Balaban J connectivity index is 1.74. The number of nitrogens with zero attached hydrogens (tertiary/aromatic N) is 3. The van der Waals surface area contributed by atoms with Crippen LogP contribution in [0.4, 0.5) is 0 Å². The highest BCUT2D eigenvalue weighted by molar-refractivity contribution is 5.98. The van der Waals surface area contributed by atoms with Crippen molar-refractivity contribution in [1.29, 1.82) is 0 Å². The number of aromatic nitrogens is 3. The molecule has 1 aliphatic rings. The van der Waals surface area contributed by atoms with Gasteiger partial charge in [-0.25, -0.2) is 0 Å². The van der Waals surface area contributed by atoms with Crippen molar-refractivity contribution in [3.8, 4) is 28.1 Å². The van der Waals surface area contributed by atoms with Crippen LogP contribution in [0, 0.1) is 0 Å². The van der Waals surface area contributed by atoms with Gasteiger partial charge in [-0.1, -0.05) is 49.0 Å². The van der Waals surface area contributed by atoms with Crippen molar-refractivity contribution < 1.29 is 9.90 Å². The van der Waals surface area contributed by atoms with Crippen molar-refractivity contribution in [3.05, 3.63) is 79.0 Å². The van der Waals surface area contributed by atoms with Crippen LogP contribution >= 0.6 is 0 Å². The monoisotopic (exact) mass is 424 g/mol. The predicted octanol–water partition coefficient (Wildman–Crippen LogP) is 5.24. The van der Waals surface area contributed by atoms with Gasteiger partial charge in [-0.3, -0.25) is 4.79 Å². The number of rotatable bonds is 4. The van der Waals surface area contributed by atoms with E-state index in [-0.39, 0.29) is 17.7 Å². The quantitative estimate of drug-likeness (QED) is 0.439. The molecule has 0 radical (unpaired) electrons. The number of phenolic OH excluding ortho intramolecular Hbond substituents is 1. The first-order valence-corrected chi connectivity index (χ1v) is 10.8. The summed E-state index contributed by atoms with van der Waals surface area (Å²) >= 11 is 0. The summed E-state index contributed by atoms with van der Waals surface area (Å²) in [5, 5.41) is 20.1. The van der Waals surface area contributed by atoms with E-state index >= 15 is 0 Å². The second-order valence-electron chi connectivity index (χ2n) is 8.04. The number of hydrogen-bond donors (Lipinski definition) is 2. The molecular formula is C26H24N4O2. The van der Waals surface area contributed by atoms with Crippen LogP contribution in [-0.4, -0.2) is 37.6 Å². The SMILES string of the molecule is C=CC(=O)N1CCCC[C@H]1c1[nH]c2nnc(-c3ccccc3O)cc2c1-c1ccccc1. The largest absolute Gasteiger partial charge is 0.507 e. The Kier molecular flexibility index (Phi) is 5.19. The number of H-pyrrole nitrogens is 1. The summed E-state index contributed by atoms with van der Waals surface area (Å²) in [6.45, 7) is 4.40. The molecule has 0 spiro atoms. The van der Waals surface area contributed by atoms with Gasteiger partial charge in [-0.05, 0) is 49.1 Å². The van der Waals surface area contributed by atoms with Crippen LogP contribution < -0.4 is 0 Å². The summed E-state index contributed by atoms with van der Waals surface area (Å²) in [4.78, 5) is 18.0. The van der Waals surface area contributed by atoms with Crippen LogP contribution in [0.15, 0.2) is 73.3 Å². The van der Waals surface area contributed by atoms with Gasteiger partial charge < -0.3 is 15.0 Å². The van der Waals surface area contributed by atoms with Crippen LogP contribution in [0.5, 0.6) is 5.75 Å². The molecule has 6 nitrogen and oxygen atoms in total. The Labute approximate surface area is 186 Å². The molecular weight excluding hydrogens is 400 g/mol. The molecule has 0 unspecified atom stereocenters. The molecule has 4 aromatic rings. The molecule has 32 heavy (non-hydrogen) atoms. The van der Waals surface area contributed by atoms with E-state index in [0.717, 1.165) is 41.5 Å². The maximum Gasteiger partial charge on any atom is 0.246 e. The molecule has 1 saturated heterocycles. The van der Waals surface area contributed by atoms with Crippen LogP contribution in [-0.2, 0) is 4.79 Å². The van der Waals surface area contributed by atoms with Gasteiger partial charge in [0.15, 0.2) is 5.65 Å². The van der Waals surface area contributed by atoms with Crippen molar-refractivity contribution in [2.75, 3.05) is 6.54 Å². The first kappa shape index (κ1) is 20.0. The molecule has 2 aromatic heterocycles. The minimum absolute atomic E-state index is 0.0617. The molecule has 3 heterocycles. The number of aromatic amines is 1. The van der Waals surface area contributed by atoms with E-state index in [1.54, 1.807) is 12.1 Å². The van der Waals surface area contributed by atoms with Crippen LogP contribution in [0.25, 0.3) is 33.4 Å². The van der Waals surface area contributed by atoms with Gasteiger partial charge in [-0.2, -0.15) is 0 Å². The average Bonchev–Trinajstić information content (AvgIpc) is 3.23. The molecule has 2 aromatic carbocycles. The third kappa shape index (κ3) is 3.43. The summed E-state index contributed by atoms with van der Waals surface area (Å²) in [6, 6.07) is 19.1. The van der Waals surface area contributed by atoms with Gasteiger partial charge in [0.2, 0.25) is 5.91 Å². The summed E-state index contributed by atoms with van der Waals surface area (Å²) in [5.41, 5.74) is 4.91. The highest BCUT2D eigenvalue weighted by Crippen LogP contribution is 2.41. The predicted molar refractivity (Wildman–Crippen MR) is 125 cm³/mol. The lowest BCUT2D eigenvalue weighted by Crippen LogP contribution is -2.37. The molecule has 1 aliphatic heterocycles. The van der Waals surface area contributed by atoms with E-state index in [4.69, 9.17) is 0 Å². The smallest absolute Gasteiger partial charge is 0.246 e. The Morgan fingerprint density at radius 3 is 2.66 bits per heavy atom. The normalized spacial score (nSPS) is 16.2. The van der Waals surface area contributed by atoms with E-state index in [2.05, 4.69) is 33.9 Å². The van der Waals surface area contributed by atoms with Crippen molar-refractivity contribution in [2.45, 2.75) is 25.3 Å². The number of amides is 1. The van der Waals surface area contributed by atoms with Gasteiger partial charge >= 0.3 is 0 Å². The number of carbonyl (C=O) groups excluding carboxylic acids is 1. The minimum Gasteiger partial charge on any atom is -0.507 e. The number of fused-ring (bicyclic) bond motifs is 1. The zero-order chi connectivity index (χ0) is 22.1. The molecule has 0 bridgehead atoms. The highest BCUT2D eigenvalue weighted by atomic mass is 16.3. The van der Waals surface area contributed by atoms with E-state index in [1.165, 1.54) is 6.08 Å². The fourth-order valence-corrected chi connectivity index (χ4v) is 4.61. The fraction of sp³-hybridized carbons (Fsp3) is 0.192. The molecule has 2 N–H and O–H groups in total. The Morgan fingerprint density at radius 2 is 1.88 bits per heavy atom. The zero-order valence-corrected chi connectivity index (χ0v) is 17.7. The topological polar surface area (TPSA) is 82.1 Å². The van der Waals surface area contributed by atoms with E-state index < -0.39 is 0 Å². The molecule has 1 amide bonds. The lowest BCUT2D eigenvalue weighted by Gasteiger charge is -2.35. The van der Waals surface area contributed by atoms with E-state index in [0.29, 0.717) is 23.4 Å². The number of phenols is 1. The molecule has 0 aliphatic carbocycles. The number of piperidine rings is 1. The van der Waals surface area contributed by atoms with Crippen LogP contribution in [0.3, 0.4) is 0 Å². The first-order valence-electron chi connectivity index (χ1n) is 10.8. The number of likely N-dealkylation sites (tertiary alicyclic amines) is 1. The number of hydrogen-bond acceptors (Lipinski definition) is 4. The van der Waals surface area contributed by atoms with Gasteiger partial charge in [0.1, 0.15) is 5.75 Å². The molecule has 160 valence electrons. The van der Waals surface area contributed by atoms with Gasteiger partial charge in [0.05, 0.1) is 11.7 Å². The lowest BCUT2D eigenvalue weighted by molar-refractivity contribution is -0.129. The minimum atomic E-state index is -0.0905. The zero-order valence-electron chi connectivity index (χ0n) is 17.7. The van der Waals surface area contributed by atoms with Gasteiger partial charge in [0.25, 0.3) is 0 Å². The van der Waals surface area contributed by atoms with E-state index in [9.17, 15) is 9.90 Å². The Bertz CT molecular complexity index is 1300. The molecule has 5 rings (SSSR count). The Morgan fingerprint density at radius 1 is 1.09 bits per heavy atom. The number of benzene rings is 2. The van der Waals surface area contributed by atoms with Gasteiger partial charge in [-0.15, -0.1) is 10.2 Å². The van der Waals surface area contributed by atoms with Crippen LogP contribution in [0.2, 0.25) is 0 Å². The molecule has 1 fully saturated rings.